The number of carbonyl (C=O) groups excluding carboxylic acids is 2. The molecule has 0 spiro atoms. The second-order valence-corrected chi connectivity index (χ2v) is 7.74. The number of hydrogen-bond donors (Lipinski definition) is 1. The van der Waals surface area contributed by atoms with Crippen LogP contribution in [0.2, 0.25) is 0 Å². The lowest BCUT2D eigenvalue weighted by Gasteiger charge is -2.27. The Morgan fingerprint density at radius 3 is 2.42 bits per heavy atom. The zero-order valence-corrected chi connectivity index (χ0v) is 18.6. The number of amides is 1. The van der Waals surface area contributed by atoms with Crippen LogP contribution in [-0.2, 0) is 16.1 Å². The first-order valence-electron chi connectivity index (χ1n) is 10.4. The van der Waals surface area contributed by atoms with Gasteiger partial charge in [-0.3, -0.25) is 14.6 Å². The molecule has 0 saturated carbocycles. The maximum atomic E-state index is 13.2. The molecule has 2 heterocycles. The Balaban J connectivity index is 1.94. The van der Waals surface area contributed by atoms with E-state index in [-0.39, 0.29) is 17.9 Å². The van der Waals surface area contributed by atoms with Crippen molar-refractivity contribution in [3.63, 3.8) is 0 Å². The van der Waals surface area contributed by atoms with Crippen molar-refractivity contribution in [2.45, 2.75) is 19.5 Å². The van der Waals surface area contributed by atoms with E-state index >= 15 is 0 Å². The van der Waals surface area contributed by atoms with Gasteiger partial charge in [-0.05, 0) is 24.6 Å². The summed E-state index contributed by atoms with van der Waals surface area (Å²) in [5.74, 6) is -0.860. The Morgan fingerprint density at radius 1 is 1.03 bits per heavy atom. The van der Waals surface area contributed by atoms with E-state index in [1.54, 1.807) is 48.8 Å². The van der Waals surface area contributed by atoms with Crippen molar-refractivity contribution in [1.29, 1.82) is 0 Å². The Bertz CT molecular complexity index is 1220. The van der Waals surface area contributed by atoms with E-state index in [0.717, 1.165) is 11.1 Å². The van der Waals surface area contributed by atoms with Crippen molar-refractivity contribution in [1.82, 2.24) is 9.88 Å². The van der Waals surface area contributed by atoms with E-state index in [0.29, 0.717) is 22.6 Å². The third kappa shape index (κ3) is 4.05. The molecule has 3 aromatic rings. The molecule has 2 aromatic carbocycles. The fraction of sp³-hybridized carbons (Fsp3) is 0.192. The number of ether oxygens (including phenoxy) is 2. The van der Waals surface area contributed by atoms with Crippen LogP contribution in [0.5, 0.6) is 11.5 Å². The summed E-state index contributed by atoms with van der Waals surface area (Å²) < 4.78 is 11.0. The summed E-state index contributed by atoms with van der Waals surface area (Å²) in [7, 11) is 3.01. The molecule has 1 saturated heterocycles. The molecule has 168 valence electrons. The van der Waals surface area contributed by atoms with Gasteiger partial charge < -0.3 is 19.5 Å². The van der Waals surface area contributed by atoms with E-state index in [1.807, 2.05) is 25.1 Å². The zero-order chi connectivity index (χ0) is 23.5. The smallest absolute Gasteiger partial charge is 0.295 e. The molecule has 0 unspecified atom stereocenters. The number of aryl methyl sites for hydroxylation is 1. The van der Waals surface area contributed by atoms with Crippen LogP contribution in [0.25, 0.3) is 5.76 Å². The first-order valence-corrected chi connectivity index (χ1v) is 10.4. The van der Waals surface area contributed by atoms with Crippen LogP contribution in [-0.4, -0.2) is 40.9 Å². The predicted octanol–water partition coefficient (Wildman–Crippen LogP) is 4.03. The zero-order valence-electron chi connectivity index (χ0n) is 18.6. The molecular formula is C26H24N2O5. The number of aliphatic hydroxyl groups is 1. The van der Waals surface area contributed by atoms with Gasteiger partial charge >= 0.3 is 0 Å². The molecule has 1 aromatic heterocycles. The fourth-order valence-electron chi connectivity index (χ4n) is 4.05. The van der Waals surface area contributed by atoms with Crippen LogP contribution in [0.15, 0.2) is 72.6 Å². The van der Waals surface area contributed by atoms with Gasteiger partial charge in [-0.1, -0.05) is 48.0 Å². The summed E-state index contributed by atoms with van der Waals surface area (Å²) in [5.41, 5.74) is 2.75. The monoisotopic (exact) mass is 444 g/mol. The standard InChI is InChI=1S/C26H24N2O5/c1-16-9-11-18(12-10-16)23(29)21-22(19-7-4-8-20(32-2)25(19)33-3)28(26(31)24(21)30)15-17-6-5-13-27-14-17/h4-14,22,29H,15H2,1-3H3/t22-/m0/s1. The second kappa shape index (κ2) is 9.16. The van der Waals surface area contributed by atoms with Crippen LogP contribution >= 0.6 is 0 Å². The number of likely N-dealkylation sites (tertiary alicyclic amines) is 1. The molecule has 1 aliphatic rings. The number of pyridine rings is 1. The van der Waals surface area contributed by atoms with Crippen LogP contribution < -0.4 is 9.47 Å². The number of rotatable bonds is 6. The van der Waals surface area contributed by atoms with Gasteiger partial charge in [0.15, 0.2) is 11.5 Å². The number of aliphatic hydroxyl groups excluding tert-OH is 1. The predicted molar refractivity (Wildman–Crippen MR) is 123 cm³/mol. The summed E-state index contributed by atoms with van der Waals surface area (Å²) in [5, 5.41) is 11.2. The molecule has 1 atom stereocenters. The Labute approximate surface area is 191 Å². The second-order valence-electron chi connectivity index (χ2n) is 7.74. The summed E-state index contributed by atoms with van der Waals surface area (Å²) in [6, 6.07) is 15.1. The number of Topliss-reactive ketones (excluding diaryl/α,β-unsaturated/α-hetero) is 1. The highest BCUT2D eigenvalue weighted by Gasteiger charge is 2.47. The average molecular weight is 444 g/mol. The highest BCUT2D eigenvalue weighted by molar-refractivity contribution is 6.46. The van der Waals surface area contributed by atoms with Crippen molar-refractivity contribution in [3.05, 3.63) is 94.8 Å². The molecular weight excluding hydrogens is 420 g/mol. The molecule has 0 aliphatic carbocycles. The molecule has 1 fully saturated rings. The largest absolute Gasteiger partial charge is 0.507 e. The number of para-hydroxylation sites is 1. The van der Waals surface area contributed by atoms with Gasteiger partial charge in [0.05, 0.1) is 25.8 Å². The van der Waals surface area contributed by atoms with E-state index in [2.05, 4.69) is 4.98 Å². The number of benzene rings is 2. The molecule has 1 N–H and O–H groups in total. The molecule has 7 nitrogen and oxygen atoms in total. The van der Waals surface area contributed by atoms with Gasteiger partial charge in [-0.2, -0.15) is 0 Å². The molecule has 4 rings (SSSR count). The number of hydrogen-bond acceptors (Lipinski definition) is 6. The van der Waals surface area contributed by atoms with Gasteiger partial charge in [0.1, 0.15) is 5.76 Å². The maximum Gasteiger partial charge on any atom is 0.295 e. The van der Waals surface area contributed by atoms with Gasteiger partial charge in [0.2, 0.25) is 0 Å². The lowest BCUT2D eigenvalue weighted by molar-refractivity contribution is -0.140. The lowest BCUT2D eigenvalue weighted by Crippen LogP contribution is -2.29. The molecule has 1 amide bonds. The van der Waals surface area contributed by atoms with Crippen LogP contribution in [0.4, 0.5) is 0 Å². The summed E-state index contributed by atoms with van der Waals surface area (Å²) in [6.45, 7) is 2.06. The minimum Gasteiger partial charge on any atom is -0.507 e. The Hall–Kier alpha value is -4.13. The average Bonchev–Trinajstić information content (AvgIpc) is 3.08. The van der Waals surface area contributed by atoms with Crippen molar-refractivity contribution < 1.29 is 24.2 Å². The fourth-order valence-corrected chi connectivity index (χ4v) is 4.05. The van der Waals surface area contributed by atoms with Crippen molar-refractivity contribution in [3.8, 4) is 11.5 Å². The summed E-state index contributed by atoms with van der Waals surface area (Å²) >= 11 is 0. The summed E-state index contributed by atoms with van der Waals surface area (Å²) in [4.78, 5) is 32.0. The van der Waals surface area contributed by atoms with Crippen LogP contribution in [0.1, 0.15) is 28.3 Å². The van der Waals surface area contributed by atoms with Crippen molar-refractivity contribution in [2.24, 2.45) is 0 Å². The first-order chi connectivity index (χ1) is 16.0. The molecule has 7 heteroatoms. The van der Waals surface area contributed by atoms with Gasteiger partial charge in [0.25, 0.3) is 11.7 Å². The van der Waals surface area contributed by atoms with Crippen molar-refractivity contribution >= 4 is 17.4 Å². The van der Waals surface area contributed by atoms with E-state index < -0.39 is 17.7 Å². The molecule has 1 aliphatic heterocycles. The third-order valence-electron chi connectivity index (χ3n) is 5.67. The number of methoxy groups -OCH3 is 2. The Kier molecular flexibility index (Phi) is 6.13. The Morgan fingerprint density at radius 2 is 1.79 bits per heavy atom. The van der Waals surface area contributed by atoms with E-state index in [1.165, 1.54) is 19.1 Å². The molecule has 0 radical (unpaired) electrons. The SMILES string of the molecule is COc1cccc([C@H]2C(=C(O)c3ccc(C)cc3)C(=O)C(=O)N2Cc2cccnc2)c1OC. The molecule has 0 bridgehead atoms. The lowest BCUT2D eigenvalue weighted by atomic mass is 9.94. The summed E-state index contributed by atoms with van der Waals surface area (Å²) in [6.07, 6.45) is 3.27. The minimum absolute atomic E-state index is 0.000651. The van der Waals surface area contributed by atoms with Gasteiger partial charge in [-0.25, -0.2) is 0 Å². The van der Waals surface area contributed by atoms with E-state index in [9.17, 15) is 14.7 Å². The van der Waals surface area contributed by atoms with Crippen LogP contribution in [0.3, 0.4) is 0 Å². The van der Waals surface area contributed by atoms with E-state index in [4.69, 9.17) is 9.47 Å². The quantitative estimate of drug-likeness (QED) is 0.351. The first kappa shape index (κ1) is 22.1. The minimum atomic E-state index is -0.878. The normalized spacial score (nSPS) is 17.3. The van der Waals surface area contributed by atoms with Gasteiger partial charge in [0, 0.05) is 30.1 Å². The number of nitrogens with zero attached hydrogens (tertiary/aromatic N) is 2. The van der Waals surface area contributed by atoms with Crippen molar-refractivity contribution in [2.75, 3.05) is 14.2 Å². The molecule has 33 heavy (non-hydrogen) atoms. The highest BCUT2D eigenvalue weighted by atomic mass is 16.5. The maximum absolute atomic E-state index is 13.2. The number of aromatic nitrogens is 1. The van der Waals surface area contributed by atoms with Crippen LogP contribution in [0, 0.1) is 6.92 Å². The number of ketones is 1. The van der Waals surface area contributed by atoms with Gasteiger partial charge in [-0.15, -0.1) is 0 Å². The topological polar surface area (TPSA) is 89.0 Å². The third-order valence-corrected chi connectivity index (χ3v) is 5.67. The number of carbonyl (C=O) groups is 2. The highest BCUT2D eigenvalue weighted by Crippen LogP contribution is 2.46.